The highest BCUT2D eigenvalue weighted by Gasteiger charge is 2.28. The second-order valence-electron chi connectivity index (χ2n) is 3.60. The van der Waals surface area contributed by atoms with Gasteiger partial charge < -0.3 is 4.85 Å². The molecule has 0 saturated carbocycles. The van der Waals surface area contributed by atoms with Crippen LogP contribution in [0.25, 0.3) is 4.85 Å². The van der Waals surface area contributed by atoms with Crippen molar-refractivity contribution in [1.29, 1.82) is 5.26 Å². The maximum atomic E-state index is 8.53. The van der Waals surface area contributed by atoms with Crippen molar-refractivity contribution >= 4 is 11.9 Å². The van der Waals surface area contributed by atoms with Gasteiger partial charge in [-0.25, -0.2) is 14.7 Å². The third kappa shape index (κ3) is 2.96. The first-order valence-electron chi connectivity index (χ1n) is 5.01. The van der Waals surface area contributed by atoms with Crippen LogP contribution in [0.3, 0.4) is 0 Å². The standard InChI is InChI=1S/C10H14N5O/c1-12-9(8-11)13-16-10(14(2)3)15-6-4-5-7-15/h4-7H2,2-3H3/q+1/b13-9+. The fourth-order valence-corrected chi connectivity index (χ4v) is 1.48. The molecule has 1 saturated heterocycles. The van der Waals surface area contributed by atoms with Crippen molar-refractivity contribution in [2.24, 2.45) is 5.16 Å². The zero-order chi connectivity index (χ0) is 12.0. The number of rotatable bonds is 1. The van der Waals surface area contributed by atoms with Crippen LogP contribution >= 0.6 is 0 Å². The predicted octanol–water partition coefficient (Wildman–Crippen LogP) is 0.483. The van der Waals surface area contributed by atoms with Gasteiger partial charge in [0.05, 0.1) is 32.3 Å². The summed E-state index contributed by atoms with van der Waals surface area (Å²) in [5.41, 5.74) is 0. The van der Waals surface area contributed by atoms with Crippen molar-refractivity contribution in [3.63, 3.8) is 0 Å². The molecule has 0 bridgehead atoms. The quantitative estimate of drug-likeness (QED) is 0.212. The summed E-state index contributed by atoms with van der Waals surface area (Å²) in [7, 11) is 3.68. The van der Waals surface area contributed by atoms with Crippen molar-refractivity contribution in [1.82, 2.24) is 4.90 Å². The number of hydrogen-bond donors (Lipinski definition) is 0. The van der Waals surface area contributed by atoms with Crippen LogP contribution in [0.15, 0.2) is 5.16 Å². The Hall–Kier alpha value is -2.08. The molecule has 1 fully saturated rings. The van der Waals surface area contributed by atoms with Crippen molar-refractivity contribution in [3.8, 4) is 6.07 Å². The Bertz CT molecular complexity index is 372. The Balaban J connectivity index is 2.76. The van der Waals surface area contributed by atoms with Gasteiger partial charge in [-0.3, -0.25) is 0 Å². The maximum Gasteiger partial charge on any atom is 0.492 e. The van der Waals surface area contributed by atoms with E-state index in [1.807, 2.05) is 19.0 Å². The molecule has 6 nitrogen and oxygen atoms in total. The maximum absolute atomic E-state index is 8.53. The highest BCUT2D eigenvalue weighted by Crippen LogP contribution is 2.08. The number of hydrogen-bond acceptors (Lipinski definition) is 3. The third-order valence-corrected chi connectivity index (χ3v) is 2.18. The van der Waals surface area contributed by atoms with Crippen LogP contribution in [-0.2, 0) is 4.84 Å². The van der Waals surface area contributed by atoms with Gasteiger partial charge in [0.15, 0.2) is 0 Å². The largest absolute Gasteiger partial charge is 0.492 e. The van der Waals surface area contributed by atoms with E-state index in [-0.39, 0.29) is 5.84 Å². The molecular formula is C10H14N5O+. The molecule has 1 aliphatic heterocycles. The summed E-state index contributed by atoms with van der Waals surface area (Å²) < 4.78 is 1.79. The van der Waals surface area contributed by atoms with E-state index in [4.69, 9.17) is 16.7 Å². The van der Waals surface area contributed by atoms with E-state index in [1.165, 1.54) is 0 Å². The molecule has 0 aliphatic carbocycles. The van der Waals surface area contributed by atoms with E-state index in [2.05, 4.69) is 10.0 Å². The molecule has 16 heavy (non-hydrogen) atoms. The number of oxime groups is 1. The van der Waals surface area contributed by atoms with E-state index in [1.54, 1.807) is 10.6 Å². The highest BCUT2D eigenvalue weighted by atomic mass is 16.7. The summed E-state index contributed by atoms with van der Waals surface area (Å²) in [6, 6.07) is 2.23. The average Bonchev–Trinajstić information content (AvgIpc) is 2.77. The molecule has 0 spiro atoms. The van der Waals surface area contributed by atoms with Crippen LogP contribution in [-0.4, -0.2) is 48.5 Å². The Morgan fingerprint density at radius 3 is 2.56 bits per heavy atom. The molecule has 1 aliphatic rings. The number of amidine groups is 2. The summed E-state index contributed by atoms with van der Waals surface area (Å²) in [6.45, 7) is 8.52. The van der Waals surface area contributed by atoms with E-state index in [0.29, 0.717) is 6.02 Å². The van der Waals surface area contributed by atoms with Crippen LogP contribution < -0.4 is 0 Å². The first-order valence-corrected chi connectivity index (χ1v) is 5.01. The molecule has 84 valence electrons. The summed E-state index contributed by atoms with van der Waals surface area (Å²) >= 11 is 0. The monoisotopic (exact) mass is 220 g/mol. The lowest BCUT2D eigenvalue weighted by atomic mass is 10.4. The number of nitrogens with zero attached hydrogens (tertiary/aromatic N) is 5. The van der Waals surface area contributed by atoms with Gasteiger partial charge in [0.1, 0.15) is 6.07 Å². The molecule has 0 amide bonds. The van der Waals surface area contributed by atoms with Crippen molar-refractivity contribution < 1.29 is 9.41 Å². The van der Waals surface area contributed by atoms with Crippen molar-refractivity contribution in [2.45, 2.75) is 12.8 Å². The smallest absolute Gasteiger partial charge is 0.348 e. The summed E-state index contributed by atoms with van der Waals surface area (Å²) in [5, 5.41) is 12.0. The molecule has 0 atom stereocenters. The molecular weight excluding hydrogens is 206 g/mol. The molecule has 0 unspecified atom stereocenters. The average molecular weight is 220 g/mol. The zero-order valence-electron chi connectivity index (χ0n) is 9.47. The Kier molecular flexibility index (Phi) is 4.28. The van der Waals surface area contributed by atoms with Gasteiger partial charge >= 0.3 is 11.9 Å². The lowest BCUT2D eigenvalue weighted by Gasteiger charge is -2.08. The Morgan fingerprint density at radius 1 is 1.50 bits per heavy atom. The molecule has 0 aromatic heterocycles. The topological polar surface area (TPSA) is 56.0 Å². The van der Waals surface area contributed by atoms with E-state index in [9.17, 15) is 0 Å². The Morgan fingerprint density at radius 2 is 2.12 bits per heavy atom. The third-order valence-electron chi connectivity index (χ3n) is 2.18. The van der Waals surface area contributed by atoms with Crippen LogP contribution in [0.5, 0.6) is 0 Å². The molecule has 0 aromatic rings. The van der Waals surface area contributed by atoms with E-state index < -0.39 is 0 Å². The number of likely N-dealkylation sites (tertiary alicyclic amines) is 1. The van der Waals surface area contributed by atoms with E-state index in [0.717, 1.165) is 25.9 Å². The molecule has 0 aromatic carbocycles. The zero-order valence-corrected chi connectivity index (χ0v) is 9.47. The molecule has 1 rings (SSSR count). The summed E-state index contributed by atoms with van der Waals surface area (Å²) in [5.74, 6) is -0.293. The summed E-state index contributed by atoms with van der Waals surface area (Å²) in [4.78, 5) is 10.1. The second-order valence-corrected chi connectivity index (χ2v) is 3.60. The minimum atomic E-state index is -0.293. The van der Waals surface area contributed by atoms with Crippen LogP contribution in [0.1, 0.15) is 12.8 Å². The lowest BCUT2D eigenvalue weighted by Crippen LogP contribution is -2.35. The Labute approximate surface area is 94.8 Å². The fraction of sp³-hybridized carbons (Fsp3) is 0.600. The van der Waals surface area contributed by atoms with Crippen LogP contribution in [0.4, 0.5) is 0 Å². The van der Waals surface area contributed by atoms with Gasteiger partial charge in [0.2, 0.25) is 0 Å². The molecule has 1 heterocycles. The molecule has 6 heteroatoms. The van der Waals surface area contributed by atoms with Gasteiger partial charge in [0, 0.05) is 0 Å². The van der Waals surface area contributed by atoms with Crippen LogP contribution in [0.2, 0.25) is 0 Å². The SMILES string of the molecule is [C-]#[N+]/C(C#N)=N/OC(N1CCCC1)=[N+](C)C. The van der Waals surface area contributed by atoms with Crippen LogP contribution in [0, 0.1) is 17.9 Å². The first-order chi connectivity index (χ1) is 7.69. The van der Waals surface area contributed by atoms with Gasteiger partial charge in [-0.15, -0.1) is 0 Å². The van der Waals surface area contributed by atoms with Gasteiger partial charge in [-0.05, 0) is 12.8 Å². The van der Waals surface area contributed by atoms with Gasteiger partial charge in [-0.1, -0.05) is 6.57 Å². The predicted molar refractivity (Wildman–Crippen MR) is 58.7 cm³/mol. The number of nitriles is 1. The highest BCUT2D eigenvalue weighted by molar-refractivity contribution is 6.03. The summed E-state index contributed by atoms with van der Waals surface area (Å²) in [6.07, 6.45) is 2.25. The van der Waals surface area contributed by atoms with Gasteiger partial charge in [0.25, 0.3) is 0 Å². The van der Waals surface area contributed by atoms with Crippen molar-refractivity contribution in [3.05, 3.63) is 11.4 Å². The minimum Gasteiger partial charge on any atom is -0.348 e. The van der Waals surface area contributed by atoms with Crippen molar-refractivity contribution in [2.75, 3.05) is 27.2 Å². The fourth-order valence-electron chi connectivity index (χ4n) is 1.48. The van der Waals surface area contributed by atoms with E-state index >= 15 is 0 Å². The first kappa shape index (κ1) is 12.0. The van der Waals surface area contributed by atoms with Gasteiger partial charge in [-0.2, -0.15) is 4.84 Å². The lowest BCUT2D eigenvalue weighted by molar-refractivity contribution is -0.481. The molecule has 0 radical (unpaired) electrons. The molecule has 0 N–H and O–H groups in total. The minimum absolute atomic E-state index is 0.293. The second kappa shape index (κ2) is 5.72. The normalized spacial score (nSPS) is 15.2.